The van der Waals surface area contributed by atoms with Crippen molar-refractivity contribution in [3.8, 4) is 0 Å². The van der Waals surface area contributed by atoms with Crippen LogP contribution < -0.4 is 5.49 Å². The van der Waals surface area contributed by atoms with Gasteiger partial charge in [-0.1, -0.05) is 30.8 Å². The summed E-state index contributed by atoms with van der Waals surface area (Å²) in [6.45, 7) is 3.75. The quantitative estimate of drug-likeness (QED) is 0.647. The van der Waals surface area contributed by atoms with Crippen LogP contribution in [0.2, 0.25) is 0 Å². The van der Waals surface area contributed by atoms with E-state index in [1.54, 1.807) is 13.2 Å². The van der Waals surface area contributed by atoms with Gasteiger partial charge in [0.2, 0.25) is 0 Å². The fourth-order valence-corrected chi connectivity index (χ4v) is 1.52. The predicted octanol–water partition coefficient (Wildman–Crippen LogP) is 2.27. The number of fused-ring (bicyclic) bond motifs is 1. The van der Waals surface area contributed by atoms with E-state index in [9.17, 15) is 0 Å². The van der Waals surface area contributed by atoms with Crippen LogP contribution in [0.4, 0.5) is 0 Å². The summed E-state index contributed by atoms with van der Waals surface area (Å²) in [5, 5.41) is 2.39. The normalized spacial score (nSPS) is 11.9. The molecule has 0 aliphatic rings. The van der Waals surface area contributed by atoms with Crippen molar-refractivity contribution < 1.29 is 0 Å². The molecule has 0 saturated heterocycles. The Morgan fingerprint density at radius 2 is 2.00 bits per heavy atom. The summed E-state index contributed by atoms with van der Waals surface area (Å²) in [5.41, 5.74) is 0.915. The molecular formula is C12H12N2. The van der Waals surface area contributed by atoms with E-state index in [0.29, 0.717) is 0 Å². The van der Waals surface area contributed by atoms with Crippen molar-refractivity contribution in [2.24, 2.45) is 4.99 Å². The zero-order valence-corrected chi connectivity index (χ0v) is 8.14. The van der Waals surface area contributed by atoms with E-state index >= 15 is 0 Å². The molecule has 2 heteroatoms. The molecule has 1 aromatic heterocycles. The Morgan fingerprint density at radius 1 is 1.29 bits per heavy atom. The molecule has 14 heavy (non-hydrogen) atoms. The molecular weight excluding hydrogens is 172 g/mol. The molecule has 1 aromatic carbocycles. The first-order valence-corrected chi connectivity index (χ1v) is 4.51. The van der Waals surface area contributed by atoms with Crippen LogP contribution in [0.15, 0.2) is 48.1 Å². The molecule has 2 aromatic rings. The van der Waals surface area contributed by atoms with Gasteiger partial charge in [-0.2, -0.15) is 0 Å². The monoisotopic (exact) mass is 184 g/mol. The molecule has 0 N–H and O–H groups in total. The average molecular weight is 184 g/mol. The minimum absolute atomic E-state index is 0.915. The maximum Gasteiger partial charge on any atom is 0.131 e. The molecule has 0 aliphatic heterocycles. The van der Waals surface area contributed by atoms with E-state index < -0.39 is 0 Å². The third-order valence-electron chi connectivity index (χ3n) is 2.25. The van der Waals surface area contributed by atoms with Crippen LogP contribution in [0.1, 0.15) is 0 Å². The molecule has 0 amide bonds. The van der Waals surface area contributed by atoms with Crippen molar-refractivity contribution in [2.75, 3.05) is 7.05 Å². The first kappa shape index (κ1) is 8.75. The van der Waals surface area contributed by atoms with Crippen LogP contribution >= 0.6 is 0 Å². The second-order valence-corrected chi connectivity index (χ2v) is 3.07. The van der Waals surface area contributed by atoms with E-state index in [2.05, 4.69) is 29.8 Å². The van der Waals surface area contributed by atoms with Crippen molar-refractivity contribution in [3.05, 3.63) is 48.6 Å². The van der Waals surface area contributed by atoms with Crippen LogP contribution in [0.25, 0.3) is 17.0 Å². The molecule has 0 bridgehead atoms. The molecule has 0 atom stereocenters. The first-order valence-electron chi connectivity index (χ1n) is 4.51. The van der Waals surface area contributed by atoms with E-state index in [0.717, 1.165) is 5.49 Å². The SMILES string of the molecule is C=Cn1cc2ccccc2cc1=NC. The van der Waals surface area contributed by atoms with Crippen LogP contribution in [-0.2, 0) is 0 Å². The average Bonchev–Trinajstić information content (AvgIpc) is 2.27. The molecule has 70 valence electrons. The van der Waals surface area contributed by atoms with Gasteiger partial charge in [-0.25, -0.2) is 0 Å². The van der Waals surface area contributed by atoms with Crippen molar-refractivity contribution in [1.82, 2.24) is 4.57 Å². The van der Waals surface area contributed by atoms with Gasteiger partial charge in [-0.15, -0.1) is 0 Å². The molecule has 0 saturated carbocycles. The van der Waals surface area contributed by atoms with Gasteiger partial charge in [0.15, 0.2) is 0 Å². The van der Waals surface area contributed by atoms with Gasteiger partial charge in [0.1, 0.15) is 5.49 Å². The molecule has 0 fully saturated rings. The topological polar surface area (TPSA) is 17.3 Å². The lowest BCUT2D eigenvalue weighted by molar-refractivity contribution is 1.01. The van der Waals surface area contributed by atoms with Gasteiger partial charge in [-0.05, 0) is 16.8 Å². The Hall–Kier alpha value is -1.83. The summed E-state index contributed by atoms with van der Waals surface area (Å²) in [6.07, 6.45) is 3.79. The fraction of sp³-hybridized carbons (Fsp3) is 0.0833. The number of nitrogens with zero attached hydrogens (tertiary/aromatic N) is 2. The van der Waals surface area contributed by atoms with Gasteiger partial charge >= 0.3 is 0 Å². The van der Waals surface area contributed by atoms with Crippen molar-refractivity contribution in [3.63, 3.8) is 0 Å². The fourth-order valence-electron chi connectivity index (χ4n) is 1.52. The number of hydrogen-bond donors (Lipinski definition) is 0. The van der Waals surface area contributed by atoms with Gasteiger partial charge in [0.25, 0.3) is 0 Å². The third kappa shape index (κ3) is 1.35. The zero-order chi connectivity index (χ0) is 9.97. The number of aromatic nitrogens is 1. The van der Waals surface area contributed by atoms with Gasteiger partial charge in [0.05, 0.1) is 0 Å². The Labute approximate surface area is 82.8 Å². The maximum atomic E-state index is 4.18. The maximum absolute atomic E-state index is 4.18. The van der Waals surface area contributed by atoms with Crippen LogP contribution in [0, 0.1) is 0 Å². The van der Waals surface area contributed by atoms with Gasteiger partial charge < -0.3 is 4.57 Å². The lowest BCUT2D eigenvalue weighted by Gasteiger charge is -2.03. The molecule has 0 unspecified atom stereocenters. The molecule has 1 heterocycles. The van der Waals surface area contributed by atoms with E-state index in [1.165, 1.54) is 10.8 Å². The number of pyridine rings is 1. The van der Waals surface area contributed by atoms with E-state index in [1.807, 2.05) is 22.9 Å². The van der Waals surface area contributed by atoms with Crippen LogP contribution in [-0.4, -0.2) is 11.6 Å². The van der Waals surface area contributed by atoms with E-state index in [-0.39, 0.29) is 0 Å². The minimum Gasteiger partial charge on any atom is -0.309 e. The number of benzene rings is 1. The summed E-state index contributed by atoms with van der Waals surface area (Å²) in [5.74, 6) is 0. The van der Waals surface area contributed by atoms with Crippen LogP contribution in [0.3, 0.4) is 0 Å². The predicted molar refractivity (Wildman–Crippen MR) is 59.8 cm³/mol. The second kappa shape index (κ2) is 3.50. The Bertz CT molecular complexity index is 535. The molecule has 2 rings (SSSR count). The summed E-state index contributed by atoms with van der Waals surface area (Å²) >= 11 is 0. The Morgan fingerprint density at radius 3 is 2.64 bits per heavy atom. The van der Waals surface area contributed by atoms with Crippen molar-refractivity contribution in [2.45, 2.75) is 0 Å². The summed E-state index contributed by atoms with van der Waals surface area (Å²) in [6, 6.07) is 10.3. The largest absolute Gasteiger partial charge is 0.309 e. The summed E-state index contributed by atoms with van der Waals surface area (Å²) in [4.78, 5) is 4.18. The molecule has 2 nitrogen and oxygen atoms in total. The molecule has 0 aliphatic carbocycles. The molecule has 0 radical (unpaired) electrons. The highest BCUT2D eigenvalue weighted by Gasteiger charge is 1.94. The summed E-state index contributed by atoms with van der Waals surface area (Å²) < 4.78 is 1.92. The summed E-state index contributed by atoms with van der Waals surface area (Å²) in [7, 11) is 1.78. The van der Waals surface area contributed by atoms with Gasteiger partial charge in [-0.3, -0.25) is 4.99 Å². The lowest BCUT2D eigenvalue weighted by atomic mass is 10.2. The van der Waals surface area contributed by atoms with Crippen LogP contribution in [0.5, 0.6) is 0 Å². The standard InChI is InChI=1S/C12H12N2/c1-3-14-9-11-7-5-4-6-10(11)8-12(14)13-2/h3-9H,1H2,2H3. The minimum atomic E-state index is 0.915. The van der Waals surface area contributed by atoms with Crippen molar-refractivity contribution in [1.29, 1.82) is 0 Å². The number of rotatable bonds is 1. The van der Waals surface area contributed by atoms with E-state index in [4.69, 9.17) is 0 Å². The highest BCUT2D eigenvalue weighted by molar-refractivity contribution is 5.81. The third-order valence-corrected chi connectivity index (χ3v) is 2.25. The van der Waals surface area contributed by atoms with Gasteiger partial charge in [0, 0.05) is 19.4 Å². The molecule has 0 spiro atoms. The first-order chi connectivity index (χ1) is 6.85. The number of hydrogen-bond acceptors (Lipinski definition) is 1. The highest BCUT2D eigenvalue weighted by atomic mass is 15.0. The smallest absolute Gasteiger partial charge is 0.131 e. The zero-order valence-electron chi connectivity index (χ0n) is 8.14. The lowest BCUT2D eigenvalue weighted by Crippen LogP contribution is -2.14. The highest BCUT2D eigenvalue weighted by Crippen LogP contribution is 2.09. The Balaban J connectivity index is 2.89. The second-order valence-electron chi connectivity index (χ2n) is 3.07. The van der Waals surface area contributed by atoms with Crippen molar-refractivity contribution >= 4 is 17.0 Å². The Kier molecular flexibility index (Phi) is 2.19.